The van der Waals surface area contributed by atoms with Gasteiger partial charge in [0.1, 0.15) is 12.4 Å². The van der Waals surface area contributed by atoms with E-state index in [0.717, 1.165) is 33.3 Å². The summed E-state index contributed by atoms with van der Waals surface area (Å²) >= 11 is 1.61. The minimum atomic E-state index is -0.135. The molecule has 0 aliphatic heterocycles. The van der Waals surface area contributed by atoms with Gasteiger partial charge in [0.05, 0.1) is 22.6 Å². The highest BCUT2D eigenvalue weighted by molar-refractivity contribution is 7.09. The Labute approximate surface area is 191 Å². The fourth-order valence-corrected chi connectivity index (χ4v) is 3.71. The number of nitrogens with one attached hydrogen (secondary N) is 1. The number of nitrogens with zero attached hydrogens (tertiary/aromatic N) is 3. The first-order chi connectivity index (χ1) is 15.7. The highest BCUT2D eigenvalue weighted by Gasteiger charge is 2.03. The number of rotatable bonds is 9. The molecule has 0 radical (unpaired) electrons. The fraction of sp³-hybridized carbons (Fsp3) is 0.160. The molecular formula is C25H24N4O2S. The van der Waals surface area contributed by atoms with E-state index in [9.17, 15) is 4.79 Å². The average Bonchev–Trinajstić information content (AvgIpc) is 3.46. The molecule has 0 fully saturated rings. The number of hydrogen-bond donors (Lipinski definition) is 1. The van der Waals surface area contributed by atoms with Gasteiger partial charge >= 0.3 is 0 Å². The summed E-state index contributed by atoms with van der Waals surface area (Å²) in [7, 11) is 0. The van der Waals surface area contributed by atoms with Crippen LogP contribution in [0.4, 0.5) is 0 Å². The van der Waals surface area contributed by atoms with Gasteiger partial charge in [0, 0.05) is 24.2 Å². The number of aryl methyl sites for hydroxylation is 1. The first kappa shape index (κ1) is 21.5. The second kappa shape index (κ2) is 10.5. The van der Waals surface area contributed by atoms with Crippen LogP contribution in [0.25, 0.3) is 11.8 Å². The number of benzene rings is 2. The summed E-state index contributed by atoms with van der Waals surface area (Å²) in [5.74, 6) is 0.610. The van der Waals surface area contributed by atoms with Gasteiger partial charge < -0.3 is 10.1 Å². The third-order valence-electron chi connectivity index (χ3n) is 4.71. The van der Waals surface area contributed by atoms with E-state index in [1.807, 2.05) is 84.0 Å². The van der Waals surface area contributed by atoms with Crippen LogP contribution in [0.2, 0.25) is 0 Å². The first-order valence-electron chi connectivity index (χ1n) is 10.3. The Kier molecular flexibility index (Phi) is 7.09. The van der Waals surface area contributed by atoms with E-state index < -0.39 is 0 Å². The van der Waals surface area contributed by atoms with Crippen molar-refractivity contribution < 1.29 is 9.53 Å². The molecule has 4 aromatic rings. The molecule has 0 saturated carbocycles. The van der Waals surface area contributed by atoms with Gasteiger partial charge in [-0.1, -0.05) is 30.3 Å². The summed E-state index contributed by atoms with van der Waals surface area (Å²) in [5, 5.41) is 10.3. The summed E-state index contributed by atoms with van der Waals surface area (Å²) in [6, 6.07) is 17.6. The summed E-state index contributed by atoms with van der Waals surface area (Å²) in [6.07, 6.45) is 7.84. The summed E-state index contributed by atoms with van der Waals surface area (Å²) < 4.78 is 7.64. The lowest BCUT2D eigenvalue weighted by atomic mass is 10.2. The zero-order chi connectivity index (χ0) is 22.2. The van der Waals surface area contributed by atoms with E-state index in [4.69, 9.17) is 4.74 Å². The number of ether oxygens (including phenoxy) is 1. The van der Waals surface area contributed by atoms with Gasteiger partial charge in [0.2, 0.25) is 5.91 Å². The van der Waals surface area contributed by atoms with E-state index in [-0.39, 0.29) is 5.91 Å². The van der Waals surface area contributed by atoms with Crippen molar-refractivity contribution in [3.8, 4) is 11.4 Å². The molecule has 0 saturated heterocycles. The van der Waals surface area contributed by atoms with E-state index in [1.165, 1.54) is 6.08 Å². The molecule has 4 rings (SSSR count). The van der Waals surface area contributed by atoms with Crippen LogP contribution in [0.3, 0.4) is 0 Å². The van der Waals surface area contributed by atoms with Crippen molar-refractivity contribution in [2.45, 2.75) is 20.0 Å². The van der Waals surface area contributed by atoms with Crippen LogP contribution in [0.5, 0.6) is 5.75 Å². The molecule has 2 aromatic carbocycles. The topological polar surface area (TPSA) is 69.0 Å². The number of carbonyl (C=O) groups is 1. The number of hydrogen-bond acceptors (Lipinski definition) is 5. The SMILES string of the molecule is Cc1nc(COc2cccc(/C=C/C(=O)NCCc3cnn(-c4ccccc4)c3)c2)cs1. The highest BCUT2D eigenvalue weighted by atomic mass is 32.1. The lowest BCUT2D eigenvalue weighted by Gasteiger charge is -2.05. The van der Waals surface area contributed by atoms with Crippen LogP contribution in [0.15, 0.2) is 78.4 Å². The number of amides is 1. The largest absolute Gasteiger partial charge is 0.487 e. The molecule has 0 aliphatic rings. The van der Waals surface area contributed by atoms with Crippen LogP contribution < -0.4 is 10.1 Å². The molecule has 0 atom stereocenters. The monoisotopic (exact) mass is 444 g/mol. The number of aromatic nitrogens is 3. The lowest BCUT2D eigenvalue weighted by Crippen LogP contribution is -2.23. The Morgan fingerprint density at radius 1 is 1.19 bits per heavy atom. The quantitative estimate of drug-likeness (QED) is 0.384. The van der Waals surface area contributed by atoms with Crippen LogP contribution >= 0.6 is 11.3 Å². The van der Waals surface area contributed by atoms with Crippen LogP contribution in [0.1, 0.15) is 21.8 Å². The molecule has 0 aliphatic carbocycles. The van der Waals surface area contributed by atoms with E-state index in [1.54, 1.807) is 17.4 Å². The molecule has 162 valence electrons. The van der Waals surface area contributed by atoms with Crippen molar-refractivity contribution in [1.82, 2.24) is 20.1 Å². The molecule has 0 bridgehead atoms. The Balaban J connectivity index is 1.23. The molecule has 2 heterocycles. The number of carbonyl (C=O) groups excluding carboxylic acids is 1. The van der Waals surface area contributed by atoms with Gasteiger partial charge in [-0.3, -0.25) is 4.79 Å². The van der Waals surface area contributed by atoms with Crippen LogP contribution in [-0.4, -0.2) is 27.2 Å². The number of thiazole rings is 1. The summed E-state index contributed by atoms with van der Waals surface area (Å²) in [4.78, 5) is 16.6. The Morgan fingerprint density at radius 3 is 2.88 bits per heavy atom. The lowest BCUT2D eigenvalue weighted by molar-refractivity contribution is -0.116. The van der Waals surface area contributed by atoms with Crippen molar-refractivity contribution in [3.05, 3.63) is 100 Å². The molecule has 0 spiro atoms. The second-order valence-corrected chi connectivity index (χ2v) is 8.28. The maximum atomic E-state index is 12.2. The Morgan fingerprint density at radius 2 is 2.06 bits per heavy atom. The number of para-hydroxylation sites is 1. The van der Waals surface area contributed by atoms with Crippen LogP contribution in [-0.2, 0) is 17.8 Å². The standard InChI is InChI=1S/C25H24N4O2S/c1-19-28-22(18-32-19)17-31-24-9-5-6-20(14-24)10-11-25(30)26-13-12-21-15-27-29(16-21)23-7-3-2-4-8-23/h2-11,14-16,18H,12-13,17H2,1H3,(H,26,30)/b11-10+. The van der Waals surface area contributed by atoms with Crippen LogP contribution in [0, 0.1) is 6.92 Å². The predicted molar refractivity (Wildman–Crippen MR) is 127 cm³/mol. The molecule has 0 unspecified atom stereocenters. The molecular weight excluding hydrogens is 420 g/mol. The maximum Gasteiger partial charge on any atom is 0.244 e. The van der Waals surface area contributed by atoms with Gasteiger partial charge in [0.15, 0.2) is 0 Å². The predicted octanol–water partition coefficient (Wildman–Crippen LogP) is 4.59. The van der Waals surface area contributed by atoms with Crippen molar-refractivity contribution in [1.29, 1.82) is 0 Å². The maximum absolute atomic E-state index is 12.2. The third-order valence-corrected chi connectivity index (χ3v) is 5.53. The van der Waals surface area contributed by atoms with Crippen molar-refractivity contribution >= 4 is 23.3 Å². The van der Waals surface area contributed by atoms with Crippen molar-refractivity contribution in [2.75, 3.05) is 6.54 Å². The second-order valence-electron chi connectivity index (χ2n) is 7.22. The van der Waals surface area contributed by atoms with Gasteiger partial charge in [-0.25, -0.2) is 9.67 Å². The third kappa shape index (κ3) is 6.15. The van der Waals surface area contributed by atoms with Gasteiger partial charge in [-0.2, -0.15) is 5.10 Å². The van der Waals surface area contributed by atoms with Crippen molar-refractivity contribution in [3.63, 3.8) is 0 Å². The molecule has 1 amide bonds. The molecule has 1 N–H and O–H groups in total. The zero-order valence-electron chi connectivity index (χ0n) is 17.8. The fourth-order valence-electron chi connectivity index (χ4n) is 3.11. The Hall–Kier alpha value is -3.71. The van der Waals surface area contributed by atoms with E-state index in [0.29, 0.717) is 19.6 Å². The minimum Gasteiger partial charge on any atom is -0.487 e. The summed E-state index contributed by atoms with van der Waals surface area (Å²) in [6.45, 7) is 2.95. The first-order valence-corrected chi connectivity index (χ1v) is 11.2. The molecule has 7 heteroatoms. The van der Waals surface area contributed by atoms with Gasteiger partial charge in [-0.15, -0.1) is 11.3 Å². The van der Waals surface area contributed by atoms with E-state index >= 15 is 0 Å². The Bertz CT molecular complexity index is 1200. The average molecular weight is 445 g/mol. The smallest absolute Gasteiger partial charge is 0.244 e. The molecule has 6 nitrogen and oxygen atoms in total. The van der Waals surface area contributed by atoms with E-state index in [2.05, 4.69) is 15.4 Å². The highest BCUT2D eigenvalue weighted by Crippen LogP contribution is 2.17. The normalized spacial score (nSPS) is 11.0. The zero-order valence-corrected chi connectivity index (χ0v) is 18.6. The van der Waals surface area contributed by atoms with Gasteiger partial charge in [-0.05, 0) is 54.8 Å². The minimum absolute atomic E-state index is 0.135. The molecule has 32 heavy (non-hydrogen) atoms. The van der Waals surface area contributed by atoms with Gasteiger partial charge in [0.25, 0.3) is 0 Å². The molecule has 2 aromatic heterocycles. The van der Waals surface area contributed by atoms with Crippen molar-refractivity contribution in [2.24, 2.45) is 0 Å². The summed E-state index contributed by atoms with van der Waals surface area (Å²) in [5.41, 5.74) is 3.90.